The summed E-state index contributed by atoms with van der Waals surface area (Å²) in [5.74, 6) is 0. The summed E-state index contributed by atoms with van der Waals surface area (Å²) in [4.78, 5) is 26.6. The fourth-order valence-corrected chi connectivity index (χ4v) is 9.79. The Balaban J connectivity index is 1.79. The van der Waals surface area contributed by atoms with Gasteiger partial charge in [0.2, 0.25) is 0 Å². The Bertz CT molecular complexity index is 1200. The van der Waals surface area contributed by atoms with Crippen molar-refractivity contribution in [3.05, 3.63) is 92.2 Å². The van der Waals surface area contributed by atoms with E-state index >= 15 is 0 Å². The number of halogens is 1. The van der Waals surface area contributed by atoms with Gasteiger partial charge in [0.05, 0.1) is 17.2 Å². The number of aromatic nitrogens is 2. The molecule has 1 aliphatic heterocycles. The zero-order valence-electron chi connectivity index (χ0n) is 19.4. The van der Waals surface area contributed by atoms with E-state index in [1.165, 1.54) is 10.8 Å². The second-order valence-electron chi connectivity index (χ2n) is 9.51. The maximum atomic E-state index is 12.5. The molecule has 0 amide bonds. The number of benzene rings is 2. The first-order valence-electron chi connectivity index (χ1n) is 11.2. The Labute approximate surface area is 207 Å². The highest BCUT2D eigenvalue weighted by atomic mass is 79.9. The molecule has 1 aromatic heterocycles. The molecule has 0 unspecified atom stereocenters. The van der Waals surface area contributed by atoms with Gasteiger partial charge >= 0.3 is 5.69 Å². The summed E-state index contributed by atoms with van der Waals surface area (Å²) in [6.07, 6.45) is 0.0173. The van der Waals surface area contributed by atoms with Crippen LogP contribution in [0.4, 0.5) is 0 Å². The van der Waals surface area contributed by atoms with Gasteiger partial charge in [-0.2, -0.15) is 0 Å². The van der Waals surface area contributed by atoms with E-state index in [9.17, 15) is 14.7 Å². The van der Waals surface area contributed by atoms with Gasteiger partial charge in [-0.05, 0) is 31.3 Å². The smallest absolute Gasteiger partial charge is 0.330 e. The monoisotopic (exact) mass is 544 g/mol. The number of nitrogens with one attached hydrogen (secondary N) is 1. The van der Waals surface area contributed by atoms with Gasteiger partial charge in [0.1, 0.15) is 12.3 Å². The molecule has 0 spiro atoms. The van der Waals surface area contributed by atoms with Crippen molar-refractivity contribution in [2.75, 3.05) is 6.61 Å². The molecule has 1 fully saturated rings. The first-order chi connectivity index (χ1) is 16.2. The van der Waals surface area contributed by atoms with Crippen LogP contribution in [-0.2, 0) is 9.16 Å². The lowest BCUT2D eigenvalue weighted by atomic mass is 10.2. The van der Waals surface area contributed by atoms with Crippen molar-refractivity contribution in [2.24, 2.45) is 0 Å². The number of hydrogen-bond acceptors (Lipinski definition) is 5. The Hall–Kier alpha value is -2.30. The largest absolute Gasteiger partial charge is 0.402 e. The lowest BCUT2D eigenvalue weighted by molar-refractivity contribution is -0.0434. The van der Waals surface area contributed by atoms with Crippen molar-refractivity contribution in [3.63, 3.8) is 0 Å². The Morgan fingerprint density at radius 1 is 1.09 bits per heavy atom. The molecule has 34 heavy (non-hydrogen) atoms. The maximum absolute atomic E-state index is 12.5. The zero-order valence-corrected chi connectivity index (χ0v) is 22.0. The minimum atomic E-state index is -2.88. The van der Waals surface area contributed by atoms with Crippen LogP contribution in [0, 0.1) is 0 Å². The summed E-state index contributed by atoms with van der Waals surface area (Å²) in [5, 5.41) is 12.2. The first kappa shape index (κ1) is 24.8. The minimum Gasteiger partial charge on any atom is -0.402 e. The second-order valence-corrected chi connectivity index (χ2v) is 14.6. The lowest BCUT2D eigenvalue weighted by Gasteiger charge is -2.45. The summed E-state index contributed by atoms with van der Waals surface area (Å²) in [7, 11) is -2.88. The van der Waals surface area contributed by atoms with Gasteiger partial charge in [0.15, 0.2) is 0 Å². The van der Waals surface area contributed by atoms with Crippen molar-refractivity contribution >= 4 is 34.6 Å². The van der Waals surface area contributed by atoms with E-state index in [0.717, 1.165) is 10.4 Å². The van der Waals surface area contributed by atoms with Crippen LogP contribution >= 0.6 is 15.9 Å². The number of ether oxygens (including phenoxy) is 1. The van der Waals surface area contributed by atoms with E-state index in [1.54, 1.807) is 0 Å². The average molecular weight is 546 g/mol. The molecule has 2 N–H and O–H groups in total. The molecule has 0 radical (unpaired) electrons. The number of nitrogens with zero attached hydrogens (tertiary/aromatic N) is 1. The fourth-order valence-electron chi connectivity index (χ4n) is 4.75. The van der Waals surface area contributed by atoms with Crippen LogP contribution < -0.4 is 21.6 Å². The highest BCUT2D eigenvalue weighted by molar-refractivity contribution is 9.10. The van der Waals surface area contributed by atoms with Crippen LogP contribution in [0.15, 0.2) is 80.9 Å². The van der Waals surface area contributed by atoms with Crippen LogP contribution in [0.25, 0.3) is 0 Å². The molecule has 1 aliphatic rings. The van der Waals surface area contributed by atoms with Crippen molar-refractivity contribution in [1.82, 2.24) is 9.55 Å². The Morgan fingerprint density at radius 2 is 1.65 bits per heavy atom. The van der Waals surface area contributed by atoms with Gasteiger partial charge in [0, 0.05) is 12.6 Å². The van der Waals surface area contributed by atoms with E-state index < -0.39 is 38.0 Å². The number of aliphatic hydroxyl groups is 1. The highest BCUT2D eigenvalue weighted by Crippen LogP contribution is 2.41. The van der Waals surface area contributed by atoms with Gasteiger partial charge in [0.25, 0.3) is 13.9 Å². The van der Waals surface area contributed by atoms with Crippen molar-refractivity contribution in [3.8, 4) is 0 Å². The summed E-state index contributed by atoms with van der Waals surface area (Å²) < 4.78 is 14.8. The second kappa shape index (κ2) is 9.75. The molecule has 7 nitrogen and oxygen atoms in total. The van der Waals surface area contributed by atoms with Crippen LogP contribution in [0.3, 0.4) is 0 Å². The van der Waals surface area contributed by atoms with E-state index in [-0.39, 0.29) is 16.1 Å². The number of aliphatic hydroxyl groups excluding tert-OH is 1. The minimum absolute atomic E-state index is 0.229. The van der Waals surface area contributed by atoms with Gasteiger partial charge in [-0.1, -0.05) is 81.4 Å². The van der Waals surface area contributed by atoms with E-state index in [1.807, 2.05) is 36.4 Å². The number of aromatic amines is 1. The standard InChI is InChI=1S/C25H29BrN2O5Si/c1-25(2,3)34(17-10-6-4-7-11-17,18-12-8-5-9-13-18)33-20-14-22(32-21(20)16-29)28-15-19(26)23(30)27-24(28)31/h4-13,15,20-22,29H,14,16H2,1-3H3,(H,27,30,31)/t20-,21+,22+/m0/s1. The number of hydrogen-bond donors (Lipinski definition) is 2. The lowest BCUT2D eigenvalue weighted by Crippen LogP contribution is -2.68. The van der Waals surface area contributed by atoms with Crippen molar-refractivity contribution in [1.29, 1.82) is 0 Å². The average Bonchev–Trinajstić information content (AvgIpc) is 3.22. The van der Waals surface area contributed by atoms with Gasteiger partial charge in [-0.25, -0.2) is 4.79 Å². The van der Waals surface area contributed by atoms with E-state index in [4.69, 9.17) is 9.16 Å². The molecule has 4 rings (SSSR count). The molecule has 2 heterocycles. The third-order valence-corrected chi connectivity index (χ3v) is 12.0. The zero-order chi connectivity index (χ0) is 24.5. The van der Waals surface area contributed by atoms with Gasteiger partial charge in [-0.15, -0.1) is 0 Å². The fraction of sp³-hybridized carbons (Fsp3) is 0.360. The summed E-state index contributed by atoms with van der Waals surface area (Å²) >= 11 is 3.18. The summed E-state index contributed by atoms with van der Waals surface area (Å²) in [6, 6.07) is 20.5. The summed E-state index contributed by atoms with van der Waals surface area (Å²) in [5.41, 5.74) is -1.07. The predicted octanol–water partition coefficient (Wildman–Crippen LogP) is 2.52. The van der Waals surface area contributed by atoms with Crippen molar-refractivity contribution in [2.45, 2.75) is 50.7 Å². The molecule has 180 valence electrons. The van der Waals surface area contributed by atoms with E-state index in [0.29, 0.717) is 6.42 Å². The van der Waals surface area contributed by atoms with Crippen LogP contribution in [-0.4, -0.2) is 41.8 Å². The van der Waals surface area contributed by atoms with Crippen LogP contribution in [0.1, 0.15) is 33.4 Å². The maximum Gasteiger partial charge on any atom is 0.330 e. The number of rotatable bonds is 6. The highest BCUT2D eigenvalue weighted by Gasteiger charge is 2.53. The molecule has 3 aromatic rings. The third-order valence-electron chi connectivity index (χ3n) is 6.34. The molecule has 0 saturated carbocycles. The first-order valence-corrected chi connectivity index (χ1v) is 13.9. The topological polar surface area (TPSA) is 93.6 Å². The quantitative estimate of drug-likeness (QED) is 0.465. The number of H-pyrrole nitrogens is 1. The third kappa shape index (κ3) is 4.50. The molecular weight excluding hydrogens is 516 g/mol. The van der Waals surface area contributed by atoms with Crippen LogP contribution in [0.5, 0.6) is 0 Å². The Kier molecular flexibility index (Phi) is 7.11. The molecule has 0 bridgehead atoms. The molecule has 0 aliphatic carbocycles. The predicted molar refractivity (Wildman–Crippen MR) is 137 cm³/mol. The SMILES string of the molecule is CC(C)(C)[Si](O[C@H]1C[C@H](n2cc(Br)c(=O)[nH]c2=O)O[C@@H]1CO)(c1ccccc1)c1ccccc1. The molecule has 3 atom stereocenters. The normalized spacial score (nSPS) is 21.0. The van der Waals surface area contributed by atoms with Crippen LogP contribution in [0.2, 0.25) is 5.04 Å². The molecule has 2 aromatic carbocycles. The van der Waals surface area contributed by atoms with Gasteiger partial charge in [-0.3, -0.25) is 14.3 Å². The van der Waals surface area contributed by atoms with E-state index in [2.05, 4.69) is 66.0 Å². The Morgan fingerprint density at radius 3 is 2.15 bits per heavy atom. The molecule has 1 saturated heterocycles. The van der Waals surface area contributed by atoms with Crippen molar-refractivity contribution < 1.29 is 14.3 Å². The molecular formula is C25H29BrN2O5Si. The van der Waals surface area contributed by atoms with Gasteiger partial charge < -0.3 is 14.3 Å². The summed E-state index contributed by atoms with van der Waals surface area (Å²) in [6.45, 7) is 6.30. The molecule has 9 heteroatoms.